The summed E-state index contributed by atoms with van der Waals surface area (Å²) in [6.07, 6.45) is 4.21. The molecule has 1 saturated carbocycles. The highest BCUT2D eigenvalue weighted by atomic mass is 16.5. The summed E-state index contributed by atoms with van der Waals surface area (Å²) in [5, 5.41) is 0. The van der Waals surface area contributed by atoms with E-state index in [1.807, 2.05) is 4.90 Å². The first-order valence-corrected chi connectivity index (χ1v) is 6.28. The number of morpholine rings is 1. The molecule has 0 spiro atoms. The van der Waals surface area contributed by atoms with Crippen molar-refractivity contribution in [2.45, 2.75) is 38.6 Å². The third kappa shape index (κ3) is 1.96. The smallest absolute Gasteiger partial charge is 0.230 e. The van der Waals surface area contributed by atoms with Crippen LogP contribution in [0.15, 0.2) is 0 Å². The first kappa shape index (κ1) is 11.9. The van der Waals surface area contributed by atoms with Crippen molar-refractivity contribution in [3.8, 4) is 0 Å². The number of ether oxygens (including phenoxy) is 1. The van der Waals surface area contributed by atoms with Crippen LogP contribution in [0.5, 0.6) is 0 Å². The molecule has 2 aliphatic rings. The van der Waals surface area contributed by atoms with E-state index in [-0.39, 0.29) is 17.4 Å². The number of hydrogen-bond donors (Lipinski definition) is 1. The summed E-state index contributed by atoms with van der Waals surface area (Å²) in [6.45, 7) is 4.59. The third-order valence-corrected chi connectivity index (χ3v) is 4.03. The Bertz CT molecular complexity index is 262. The Labute approximate surface area is 97.1 Å². The van der Waals surface area contributed by atoms with Crippen molar-refractivity contribution in [3.63, 3.8) is 0 Å². The van der Waals surface area contributed by atoms with E-state index in [1.54, 1.807) is 0 Å². The molecular formula is C12H22N2O2. The Hall–Kier alpha value is -0.610. The maximum Gasteiger partial charge on any atom is 0.230 e. The van der Waals surface area contributed by atoms with Crippen LogP contribution in [0.2, 0.25) is 0 Å². The van der Waals surface area contributed by atoms with Gasteiger partial charge in [0.25, 0.3) is 0 Å². The van der Waals surface area contributed by atoms with E-state index in [0.29, 0.717) is 19.8 Å². The largest absolute Gasteiger partial charge is 0.377 e. The van der Waals surface area contributed by atoms with E-state index in [2.05, 4.69) is 6.92 Å². The van der Waals surface area contributed by atoms with Crippen LogP contribution >= 0.6 is 0 Å². The number of hydrogen-bond acceptors (Lipinski definition) is 3. The quantitative estimate of drug-likeness (QED) is 0.756. The highest BCUT2D eigenvalue weighted by Crippen LogP contribution is 2.39. The molecule has 1 atom stereocenters. The van der Waals surface area contributed by atoms with Gasteiger partial charge in [-0.2, -0.15) is 0 Å². The second-order valence-electron chi connectivity index (χ2n) is 5.11. The molecule has 4 heteroatoms. The van der Waals surface area contributed by atoms with Crippen LogP contribution in [0.25, 0.3) is 0 Å². The van der Waals surface area contributed by atoms with Gasteiger partial charge in [0.05, 0.1) is 24.7 Å². The SMILES string of the molecule is C[C@@H]1COCCN1C(=O)C1(CN)CCCC1. The van der Waals surface area contributed by atoms with Crippen molar-refractivity contribution >= 4 is 5.91 Å². The molecule has 0 unspecified atom stereocenters. The van der Waals surface area contributed by atoms with Crippen LogP contribution in [-0.4, -0.2) is 43.2 Å². The molecule has 0 aromatic heterocycles. The molecule has 1 saturated heterocycles. The van der Waals surface area contributed by atoms with Gasteiger partial charge in [-0.3, -0.25) is 4.79 Å². The van der Waals surface area contributed by atoms with E-state index in [0.717, 1.165) is 32.2 Å². The molecule has 2 rings (SSSR count). The Morgan fingerprint density at radius 2 is 2.19 bits per heavy atom. The zero-order chi connectivity index (χ0) is 11.6. The summed E-state index contributed by atoms with van der Waals surface area (Å²) in [5.74, 6) is 0.267. The van der Waals surface area contributed by atoms with Crippen molar-refractivity contribution in [1.82, 2.24) is 4.90 Å². The molecule has 1 heterocycles. The van der Waals surface area contributed by atoms with Crippen LogP contribution < -0.4 is 5.73 Å². The number of rotatable bonds is 2. The summed E-state index contributed by atoms with van der Waals surface area (Å²) in [7, 11) is 0. The topological polar surface area (TPSA) is 55.6 Å². The van der Waals surface area contributed by atoms with Gasteiger partial charge in [0.1, 0.15) is 0 Å². The van der Waals surface area contributed by atoms with Crippen molar-refractivity contribution in [2.24, 2.45) is 11.1 Å². The van der Waals surface area contributed by atoms with E-state index >= 15 is 0 Å². The lowest BCUT2D eigenvalue weighted by molar-refractivity contribution is -0.149. The van der Waals surface area contributed by atoms with Crippen LogP contribution in [-0.2, 0) is 9.53 Å². The minimum Gasteiger partial charge on any atom is -0.377 e. The number of carbonyl (C=O) groups is 1. The molecule has 0 aromatic carbocycles. The van der Waals surface area contributed by atoms with Crippen molar-refractivity contribution in [3.05, 3.63) is 0 Å². The molecule has 1 amide bonds. The van der Waals surface area contributed by atoms with E-state index in [4.69, 9.17) is 10.5 Å². The van der Waals surface area contributed by atoms with E-state index in [9.17, 15) is 4.79 Å². The summed E-state index contributed by atoms with van der Waals surface area (Å²) >= 11 is 0. The fraction of sp³-hybridized carbons (Fsp3) is 0.917. The van der Waals surface area contributed by atoms with Crippen molar-refractivity contribution < 1.29 is 9.53 Å². The summed E-state index contributed by atoms with van der Waals surface area (Å²) in [5.41, 5.74) is 5.58. The van der Waals surface area contributed by atoms with Crippen LogP contribution in [0.4, 0.5) is 0 Å². The third-order valence-electron chi connectivity index (χ3n) is 4.03. The molecule has 1 aliphatic heterocycles. The second kappa shape index (κ2) is 4.72. The average molecular weight is 226 g/mol. The Balaban J connectivity index is 2.10. The minimum atomic E-state index is -0.258. The normalized spacial score (nSPS) is 29.4. The second-order valence-corrected chi connectivity index (χ2v) is 5.11. The highest BCUT2D eigenvalue weighted by Gasteiger charge is 2.43. The van der Waals surface area contributed by atoms with Gasteiger partial charge in [0, 0.05) is 13.1 Å². The number of nitrogens with two attached hydrogens (primary N) is 1. The molecule has 2 fully saturated rings. The monoisotopic (exact) mass is 226 g/mol. The minimum absolute atomic E-state index is 0.199. The zero-order valence-corrected chi connectivity index (χ0v) is 10.1. The molecule has 0 radical (unpaired) electrons. The lowest BCUT2D eigenvalue weighted by Crippen LogP contribution is -2.54. The fourth-order valence-electron chi connectivity index (χ4n) is 2.89. The molecule has 16 heavy (non-hydrogen) atoms. The number of amides is 1. The zero-order valence-electron chi connectivity index (χ0n) is 10.1. The van der Waals surface area contributed by atoms with Gasteiger partial charge in [-0.25, -0.2) is 0 Å². The predicted octanol–water partition coefficient (Wildman–Crippen LogP) is 0.753. The lowest BCUT2D eigenvalue weighted by Gasteiger charge is -2.39. The summed E-state index contributed by atoms with van der Waals surface area (Å²) in [4.78, 5) is 14.5. The van der Waals surface area contributed by atoms with Gasteiger partial charge >= 0.3 is 0 Å². The standard InChI is InChI=1S/C12H22N2O2/c1-10-8-16-7-6-14(10)11(15)12(9-13)4-2-3-5-12/h10H,2-9,13H2,1H3/t10-/m1/s1. The maximum absolute atomic E-state index is 12.6. The first-order valence-electron chi connectivity index (χ1n) is 6.28. The van der Waals surface area contributed by atoms with Crippen LogP contribution in [0, 0.1) is 5.41 Å². The molecule has 2 N–H and O–H groups in total. The molecule has 0 bridgehead atoms. The van der Waals surface area contributed by atoms with Crippen molar-refractivity contribution in [2.75, 3.05) is 26.3 Å². The predicted molar refractivity (Wildman–Crippen MR) is 61.9 cm³/mol. The first-order chi connectivity index (χ1) is 7.69. The fourth-order valence-corrected chi connectivity index (χ4v) is 2.89. The number of carbonyl (C=O) groups excluding carboxylic acids is 1. The lowest BCUT2D eigenvalue weighted by atomic mass is 9.84. The Morgan fingerprint density at radius 1 is 1.50 bits per heavy atom. The molecular weight excluding hydrogens is 204 g/mol. The summed E-state index contributed by atoms with van der Waals surface area (Å²) < 4.78 is 5.37. The molecule has 92 valence electrons. The molecule has 1 aliphatic carbocycles. The van der Waals surface area contributed by atoms with Crippen LogP contribution in [0.1, 0.15) is 32.6 Å². The van der Waals surface area contributed by atoms with Gasteiger partial charge in [-0.05, 0) is 19.8 Å². The van der Waals surface area contributed by atoms with Crippen LogP contribution in [0.3, 0.4) is 0 Å². The van der Waals surface area contributed by atoms with Gasteiger partial charge in [0.2, 0.25) is 5.91 Å². The summed E-state index contributed by atoms with van der Waals surface area (Å²) in [6, 6.07) is 0.199. The van der Waals surface area contributed by atoms with E-state index in [1.165, 1.54) is 0 Å². The van der Waals surface area contributed by atoms with Gasteiger partial charge in [-0.15, -0.1) is 0 Å². The van der Waals surface area contributed by atoms with Gasteiger partial charge in [-0.1, -0.05) is 12.8 Å². The molecule has 0 aromatic rings. The highest BCUT2D eigenvalue weighted by molar-refractivity contribution is 5.83. The van der Waals surface area contributed by atoms with E-state index < -0.39 is 0 Å². The van der Waals surface area contributed by atoms with Gasteiger partial charge in [0.15, 0.2) is 0 Å². The van der Waals surface area contributed by atoms with Gasteiger partial charge < -0.3 is 15.4 Å². The molecule has 4 nitrogen and oxygen atoms in total. The van der Waals surface area contributed by atoms with Crippen molar-refractivity contribution in [1.29, 1.82) is 0 Å². The Kier molecular flexibility index (Phi) is 3.50. The number of nitrogens with zero attached hydrogens (tertiary/aromatic N) is 1. The maximum atomic E-state index is 12.6. The average Bonchev–Trinajstić information content (AvgIpc) is 2.78. The Morgan fingerprint density at radius 3 is 2.75 bits per heavy atom.